The minimum Gasteiger partial charge on any atom is -0.543 e. The molecule has 2 unspecified atom stereocenters. The van der Waals surface area contributed by atoms with Gasteiger partial charge in [-0.05, 0) is 82.3 Å². The summed E-state index contributed by atoms with van der Waals surface area (Å²) < 4.78 is 14.2. The number of hydrogen-bond donors (Lipinski definition) is 0. The average molecular weight is 471 g/mol. The summed E-state index contributed by atoms with van der Waals surface area (Å²) >= 11 is 0. The Balaban J connectivity index is 2.13. The molecule has 0 aromatic heterocycles. The van der Waals surface area contributed by atoms with Gasteiger partial charge in [0.25, 0.3) is 8.32 Å². The number of hydrogen-bond acceptors (Lipinski definition) is 2. The maximum absolute atomic E-state index is 7.35. The molecule has 1 aromatic rings. The molecule has 0 saturated carbocycles. The topological polar surface area (TPSA) is 18.5 Å². The van der Waals surface area contributed by atoms with E-state index in [1.165, 1.54) is 91.9 Å². The molecule has 1 heterocycles. The van der Waals surface area contributed by atoms with Gasteiger partial charge >= 0.3 is 0 Å². The summed E-state index contributed by atoms with van der Waals surface area (Å²) in [5.41, 5.74) is 4.14. The van der Waals surface area contributed by atoms with E-state index in [1.54, 1.807) is 0 Å². The van der Waals surface area contributed by atoms with Gasteiger partial charge in [-0.3, -0.25) is 0 Å². The SMILES string of the molecule is CCCCCc1cc2c(c(O[Si](CCC)(CCC)CCC)c1)C1C=C(C)CCC1C(C)(C)O2. The fourth-order valence-electron chi connectivity index (χ4n) is 6.50. The Morgan fingerprint density at radius 1 is 0.970 bits per heavy atom. The van der Waals surface area contributed by atoms with Crippen molar-refractivity contribution in [2.24, 2.45) is 5.92 Å². The Hall–Kier alpha value is -1.22. The first kappa shape index (κ1) is 26.4. The zero-order chi connectivity index (χ0) is 24.1. The Bertz CT molecular complexity index is 793. The number of allylic oxidation sites excluding steroid dienone is 2. The molecular weight excluding hydrogens is 420 g/mol. The molecule has 0 amide bonds. The van der Waals surface area contributed by atoms with Gasteiger partial charge in [-0.1, -0.05) is 71.4 Å². The molecule has 33 heavy (non-hydrogen) atoms. The molecule has 0 saturated heterocycles. The first-order valence-electron chi connectivity index (χ1n) is 14.0. The van der Waals surface area contributed by atoms with E-state index in [0.717, 1.165) is 12.2 Å². The van der Waals surface area contributed by atoms with Gasteiger partial charge in [-0.15, -0.1) is 0 Å². The van der Waals surface area contributed by atoms with Crippen LogP contribution < -0.4 is 9.16 Å². The Morgan fingerprint density at radius 3 is 2.24 bits per heavy atom. The molecule has 1 aliphatic heterocycles. The average Bonchev–Trinajstić information content (AvgIpc) is 2.73. The van der Waals surface area contributed by atoms with Crippen LogP contribution in [0.15, 0.2) is 23.8 Å². The minimum absolute atomic E-state index is 0.140. The van der Waals surface area contributed by atoms with Crippen molar-refractivity contribution in [3.05, 3.63) is 34.9 Å². The van der Waals surface area contributed by atoms with Gasteiger partial charge in [-0.2, -0.15) is 0 Å². The highest BCUT2D eigenvalue weighted by Gasteiger charge is 2.46. The standard InChI is InChI=1S/C30H50O2Si/c1-8-12-13-14-24-21-27-29(25-20-23(5)15-16-26(25)30(6,7)31-27)28(22-24)32-33(17-9-2,18-10-3)19-11-4/h20-22,25-26H,8-19H2,1-7H3. The van der Waals surface area contributed by atoms with Crippen molar-refractivity contribution in [2.45, 2.75) is 136 Å². The highest BCUT2D eigenvalue weighted by Crippen LogP contribution is 2.54. The lowest BCUT2D eigenvalue weighted by Crippen LogP contribution is -2.46. The van der Waals surface area contributed by atoms with Crippen molar-refractivity contribution in [2.75, 3.05) is 0 Å². The Kier molecular flexibility index (Phi) is 9.17. The van der Waals surface area contributed by atoms with E-state index in [2.05, 4.69) is 66.7 Å². The molecule has 0 spiro atoms. The van der Waals surface area contributed by atoms with Crippen LogP contribution in [0.5, 0.6) is 11.5 Å². The summed E-state index contributed by atoms with van der Waals surface area (Å²) in [6.45, 7) is 16.2. The van der Waals surface area contributed by atoms with E-state index in [0.29, 0.717) is 11.8 Å². The van der Waals surface area contributed by atoms with Gasteiger partial charge in [0.15, 0.2) is 0 Å². The molecule has 0 radical (unpaired) electrons. The predicted molar refractivity (Wildman–Crippen MR) is 145 cm³/mol. The van der Waals surface area contributed by atoms with Crippen LogP contribution in [0.2, 0.25) is 18.1 Å². The Morgan fingerprint density at radius 2 is 1.64 bits per heavy atom. The summed E-state index contributed by atoms with van der Waals surface area (Å²) in [4.78, 5) is 0. The maximum atomic E-state index is 7.35. The van der Waals surface area contributed by atoms with Crippen LogP contribution in [0.3, 0.4) is 0 Å². The highest BCUT2D eigenvalue weighted by molar-refractivity contribution is 6.74. The molecule has 1 aliphatic carbocycles. The third kappa shape index (κ3) is 6.07. The predicted octanol–water partition coefficient (Wildman–Crippen LogP) is 9.58. The second-order valence-corrected chi connectivity index (χ2v) is 15.5. The summed E-state index contributed by atoms with van der Waals surface area (Å²) in [5, 5.41) is 0. The van der Waals surface area contributed by atoms with E-state index in [1.807, 2.05) is 0 Å². The molecule has 0 bridgehead atoms. The lowest BCUT2D eigenvalue weighted by atomic mass is 9.68. The first-order chi connectivity index (χ1) is 15.8. The molecule has 2 atom stereocenters. The summed E-state index contributed by atoms with van der Waals surface area (Å²) in [7, 11) is -1.84. The van der Waals surface area contributed by atoms with Crippen molar-refractivity contribution in [1.82, 2.24) is 0 Å². The second-order valence-electron chi connectivity index (χ2n) is 11.4. The van der Waals surface area contributed by atoms with Crippen LogP contribution in [0.4, 0.5) is 0 Å². The van der Waals surface area contributed by atoms with Crippen molar-refractivity contribution in [3.8, 4) is 11.5 Å². The summed E-state index contributed by atoms with van der Waals surface area (Å²) in [6.07, 6.45) is 13.5. The van der Waals surface area contributed by atoms with Crippen molar-refractivity contribution in [3.63, 3.8) is 0 Å². The number of aryl methyl sites for hydroxylation is 1. The van der Waals surface area contributed by atoms with Gasteiger partial charge in [-0.25, -0.2) is 0 Å². The number of fused-ring (bicyclic) bond motifs is 3. The van der Waals surface area contributed by atoms with Crippen LogP contribution >= 0.6 is 0 Å². The highest BCUT2D eigenvalue weighted by atomic mass is 28.4. The van der Waals surface area contributed by atoms with Crippen molar-refractivity contribution < 1.29 is 9.16 Å². The molecule has 0 fully saturated rings. The number of rotatable bonds is 12. The molecule has 2 nitrogen and oxygen atoms in total. The molecule has 1 aromatic carbocycles. The van der Waals surface area contributed by atoms with Gasteiger partial charge in [0.05, 0.1) is 0 Å². The normalized spacial score (nSPS) is 21.6. The second kappa shape index (κ2) is 11.5. The fourth-order valence-corrected chi connectivity index (χ4v) is 10.9. The number of benzene rings is 1. The van der Waals surface area contributed by atoms with Gasteiger partial charge < -0.3 is 9.16 Å². The van der Waals surface area contributed by atoms with E-state index in [-0.39, 0.29) is 5.60 Å². The molecule has 3 rings (SSSR count). The van der Waals surface area contributed by atoms with Gasteiger partial charge in [0, 0.05) is 17.4 Å². The lowest BCUT2D eigenvalue weighted by molar-refractivity contribution is 0.0110. The first-order valence-corrected chi connectivity index (χ1v) is 16.5. The lowest BCUT2D eigenvalue weighted by Gasteiger charge is -2.47. The monoisotopic (exact) mass is 470 g/mol. The minimum atomic E-state index is -1.84. The van der Waals surface area contributed by atoms with E-state index in [9.17, 15) is 0 Å². The van der Waals surface area contributed by atoms with Crippen LogP contribution in [-0.4, -0.2) is 13.9 Å². The molecule has 3 heteroatoms. The number of ether oxygens (including phenoxy) is 1. The number of unbranched alkanes of at least 4 members (excludes halogenated alkanes) is 2. The molecule has 2 aliphatic rings. The Labute approximate surface area is 205 Å². The fraction of sp³-hybridized carbons (Fsp3) is 0.733. The van der Waals surface area contributed by atoms with Crippen LogP contribution in [0.1, 0.15) is 117 Å². The van der Waals surface area contributed by atoms with E-state index >= 15 is 0 Å². The van der Waals surface area contributed by atoms with Crippen LogP contribution in [0.25, 0.3) is 0 Å². The molecule has 0 N–H and O–H groups in total. The van der Waals surface area contributed by atoms with E-state index in [4.69, 9.17) is 9.16 Å². The molecule has 186 valence electrons. The smallest absolute Gasteiger partial charge is 0.251 e. The van der Waals surface area contributed by atoms with Crippen LogP contribution in [-0.2, 0) is 6.42 Å². The third-order valence-electron chi connectivity index (χ3n) is 8.02. The van der Waals surface area contributed by atoms with E-state index < -0.39 is 8.32 Å². The zero-order valence-corrected chi connectivity index (χ0v) is 23.7. The van der Waals surface area contributed by atoms with Crippen molar-refractivity contribution in [1.29, 1.82) is 0 Å². The van der Waals surface area contributed by atoms with Gasteiger partial charge in [0.1, 0.15) is 17.1 Å². The summed E-state index contributed by atoms with van der Waals surface area (Å²) in [6, 6.07) is 8.57. The largest absolute Gasteiger partial charge is 0.543 e. The quantitative estimate of drug-likeness (QED) is 0.172. The zero-order valence-electron chi connectivity index (χ0n) is 22.7. The van der Waals surface area contributed by atoms with Crippen molar-refractivity contribution >= 4 is 8.32 Å². The summed E-state index contributed by atoms with van der Waals surface area (Å²) in [5.74, 6) is 3.21. The maximum Gasteiger partial charge on any atom is 0.251 e. The van der Waals surface area contributed by atoms with Crippen LogP contribution in [0, 0.1) is 5.92 Å². The third-order valence-corrected chi connectivity index (χ3v) is 12.9. The van der Waals surface area contributed by atoms with Gasteiger partial charge in [0.2, 0.25) is 0 Å². The molecular formula is C30H50O2Si.